The zero-order chi connectivity index (χ0) is 9.14. The summed E-state index contributed by atoms with van der Waals surface area (Å²) in [6.45, 7) is 1.97. The smallest absolute Gasteiger partial charge is 0.139 e. The Morgan fingerprint density at radius 2 is 2.00 bits per heavy atom. The number of halogens is 1. The van der Waals surface area contributed by atoms with E-state index in [1.54, 1.807) is 14.2 Å². The molecular weight excluding hydrogens is 267 g/mol. The molecule has 1 radical (unpaired) electrons. The predicted octanol–water partition coefficient (Wildman–Crippen LogP) is 2.42. The van der Waals surface area contributed by atoms with Gasteiger partial charge in [-0.05, 0) is 35.6 Å². The molecular formula is C9H10IO2. The van der Waals surface area contributed by atoms with Gasteiger partial charge in [0.15, 0.2) is 0 Å². The van der Waals surface area contributed by atoms with Gasteiger partial charge in [0.2, 0.25) is 0 Å². The summed E-state index contributed by atoms with van der Waals surface area (Å²) in [4.78, 5) is 0. The SMILES string of the molecule is COc1c[c]c(I)c(OC)c1C. The molecule has 0 bridgehead atoms. The number of ether oxygens (including phenoxy) is 2. The molecule has 0 saturated heterocycles. The molecule has 1 aromatic rings. The number of hydrogen-bond donors (Lipinski definition) is 0. The van der Waals surface area contributed by atoms with Crippen LogP contribution in [0.25, 0.3) is 0 Å². The second-order valence-corrected chi connectivity index (χ2v) is 3.41. The molecule has 1 rings (SSSR count). The maximum atomic E-state index is 5.20. The maximum Gasteiger partial charge on any atom is 0.139 e. The topological polar surface area (TPSA) is 18.5 Å². The van der Waals surface area contributed by atoms with E-state index in [2.05, 4.69) is 28.7 Å². The van der Waals surface area contributed by atoms with Gasteiger partial charge in [-0.1, -0.05) is 0 Å². The van der Waals surface area contributed by atoms with Crippen LogP contribution in [0.4, 0.5) is 0 Å². The van der Waals surface area contributed by atoms with Gasteiger partial charge in [-0.3, -0.25) is 0 Å². The van der Waals surface area contributed by atoms with Crippen molar-refractivity contribution in [1.82, 2.24) is 0 Å². The maximum absolute atomic E-state index is 5.20. The lowest BCUT2D eigenvalue weighted by atomic mass is 10.2. The van der Waals surface area contributed by atoms with Crippen LogP contribution < -0.4 is 9.47 Å². The minimum absolute atomic E-state index is 0.812. The van der Waals surface area contributed by atoms with Gasteiger partial charge in [0, 0.05) is 11.6 Å². The highest BCUT2D eigenvalue weighted by molar-refractivity contribution is 14.1. The molecule has 0 unspecified atom stereocenters. The lowest BCUT2D eigenvalue weighted by Gasteiger charge is -2.10. The van der Waals surface area contributed by atoms with Gasteiger partial charge >= 0.3 is 0 Å². The largest absolute Gasteiger partial charge is 0.496 e. The third kappa shape index (κ3) is 1.65. The molecule has 0 aliphatic carbocycles. The highest BCUT2D eigenvalue weighted by atomic mass is 127. The molecule has 0 aliphatic heterocycles. The van der Waals surface area contributed by atoms with Crippen LogP contribution in [-0.4, -0.2) is 14.2 Å². The average Bonchev–Trinajstić information content (AvgIpc) is 2.06. The predicted molar refractivity (Wildman–Crippen MR) is 55.8 cm³/mol. The van der Waals surface area contributed by atoms with Crippen LogP contribution in [0, 0.1) is 16.6 Å². The quantitative estimate of drug-likeness (QED) is 0.773. The third-order valence-corrected chi connectivity index (χ3v) is 2.46. The normalized spacial score (nSPS) is 9.67. The van der Waals surface area contributed by atoms with Crippen molar-refractivity contribution in [3.05, 3.63) is 21.3 Å². The molecule has 0 aromatic heterocycles. The van der Waals surface area contributed by atoms with Crippen molar-refractivity contribution in [3.8, 4) is 11.5 Å². The average molecular weight is 277 g/mol. The van der Waals surface area contributed by atoms with Crippen molar-refractivity contribution < 1.29 is 9.47 Å². The molecule has 0 saturated carbocycles. The van der Waals surface area contributed by atoms with E-state index in [1.807, 2.05) is 13.0 Å². The Morgan fingerprint density at radius 1 is 1.33 bits per heavy atom. The van der Waals surface area contributed by atoms with Crippen molar-refractivity contribution in [3.63, 3.8) is 0 Å². The minimum atomic E-state index is 0.812. The van der Waals surface area contributed by atoms with Gasteiger partial charge in [-0.2, -0.15) is 0 Å². The lowest BCUT2D eigenvalue weighted by molar-refractivity contribution is 0.386. The molecule has 0 atom stereocenters. The van der Waals surface area contributed by atoms with Crippen LogP contribution in [0.15, 0.2) is 6.07 Å². The first-order valence-electron chi connectivity index (χ1n) is 3.49. The molecule has 0 fully saturated rings. The molecule has 3 heteroatoms. The van der Waals surface area contributed by atoms with Crippen LogP contribution in [-0.2, 0) is 0 Å². The molecule has 0 amide bonds. The minimum Gasteiger partial charge on any atom is -0.496 e. The van der Waals surface area contributed by atoms with Gasteiger partial charge in [0.05, 0.1) is 17.8 Å². The second-order valence-electron chi connectivity index (χ2n) is 2.33. The van der Waals surface area contributed by atoms with Crippen LogP contribution in [0.3, 0.4) is 0 Å². The summed E-state index contributed by atoms with van der Waals surface area (Å²) in [6, 6.07) is 4.87. The fraction of sp³-hybridized carbons (Fsp3) is 0.333. The molecule has 2 nitrogen and oxygen atoms in total. The highest BCUT2D eigenvalue weighted by Gasteiger charge is 2.08. The first kappa shape index (κ1) is 9.64. The van der Waals surface area contributed by atoms with Crippen LogP contribution in [0.2, 0.25) is 0 Å². The highest BCUT2D eigenvalue weighted by Crippen LogP contribution is 2.31. The van der Waals surface area contributed by atoms with E-state index in [4.69, 9.17) is 9.47 Å². The van der Waals surface area contributed by atoms with Gasteiger partial charge in [0.25, 0.3) is 0 Å². The molecule has 0 N–H and O–H groups in total. The van der Waals surface area contributed by atoms with Crippen molar-refractivity contribution in [1.29, 1.82) is 0 Å². The summed E-state index contributed by atoms with van der Waals surface area (Å²) < 4.78 is 11.3. The number of rotatable bonds is 2. The van der Waals surface area contributed by atoms with E-state index in [0.29, 0.717) is 0 Å². The fourth-order valence-electron chi connectivity index (χ4n) is 1.03. The standard InChI is InChI=1S/C9H10IO2/c1-6-8(11-2)5-4-7(10)9(6)12-3/h5H,1-3H3. The monoisotopic (exact) mass is 277 g/mol. The zero-order valence-electron chi connectivity index (χ0n) is 7.27. The van der Waals surface area contributed by atoms with Gasteiger partial charge in [0.1, 0.15) is 11.5 Å². The first-order chi connectivity index (χ1) is 5.70. The van der Waals surface area contributed by atoms with E-state index in [-0.39, 0.29) is 0 Å². The summed E-state index contributed by atoms with van der Waals surface area (Å²) in [5.74, 6) is 1.65. The van der Waals surface area contributed by atoms with Crippen LogP contribution in [0.5, 0.6) is 11.5 Å². The summed E-state index contributed by atoms with van der Waals surface area (Å²) in [5, 5.41) is 0. The Balaban J connectivity index is 3.24. The van der Waals surface area contributed by atoms with Crippen molar-refractivity contribution >= 4 is 22.6 Å². The molecule has 0 aliphatic rings. The Bertz CT molecular complexity index is 284. The lowest BCUT2D eigenvalue weighted by Crippen LogP contribution is -1.94. The Hall–Kier alpha value is -0.450. The zero-order valence-corrected chi connectivity index (χ0v) is 9.43. The fourth-order valence-corrected chi connectivity index (χ4v) is 1.81. The number of methoxy groups -OCH3 is 2. The summed E-state index contributed by atoms with van der Waals surface area (Å²) >= 11 is 2.18. The molecule has 1 aromatic carbocycles. The summed E-state index contributed by atoms with van der Waals surface area (Å²) in [6.07, 6.45) is 0. The Labute approximate surface area is 86.0 Å². The van der Waals surface area contributed by atoms with E-state index in [1.165, 1.54) is 0 Å². The van der Waals surface area contributed by atoms with E-state index in [0.717, 1.165) is 20.6 Å². The van der Waals surface area contributed by atoms with Gasteiger partial charge < -0.3 is 9.47 Å². The Kier molecular flexibility index (Phi) is 3.20. The van der Waals surface area contributed by atoms with Gasteiger partial charge in [-0.25, -0.2) is 0 Å². The Morgan fingerprint density at radius 3 is 2.50 bits per heavy atom. The summed E-state index contributed by atoms with van der Waals surface area (Å²) in [7, 11) is 3.29. The van der Waals surface area contributed by atoms with Crippen molar-refractivity contribution in [2.24, 2.45) is 0 Å². The number of hydrogen-bond acceptors (Lipinski definition) is 2. The van der Waals surface area contributed by atoms with E-state index < -0.39 is 0 Å². The van der Waals surface area contributed by atoms with E-state index in [9.17, 15) is 0 Å². The first-order valence-corrected chi connectivity index (χ1v) is 4.57. The second kappa shape index (κ2) is 3.98. The van der Waals surface area contributed by atoms with Gasteiger partial charge in [-0.15, -0.1) is 0 Å². The number of benzene rings is 1. The molecule has 0 heterocycles. The molecule has 0 spiro atoms. The van der Waals surface area contributed by atoms with Crippen LogP contribution in [0.1, 0.15) is 5.56 Å². The van der Waals surface area contributed by atoms with Crippen molar-refractivity contribution in [2.75, 3.05) is 14.2 Å². The van der Waals surface area contributed by atoms with Crippen molar-refractivity contribution in [2.45, 2.75) is 6.92 Å². The molecule has 65 valence electrons. The third-order valence-electron chi connectivity index (χ3n) is 1.66. The van der Waals surface area contributed by atoms with E-state index >= 15 is 0 Å². The summed E-state index contributed by atoms with van der Waals surface area (Å²) in [5.41, 5.74) is 1.02. The van der Waals surface area contributed by atoms with Crippen LogP contribution >= 0.6 is 22.6 Å². The molecule has 12 heavy (non-hydrogen) atoms.